The van der Waals surface area contributed by atoms with Gasteiger partial charge in [-0.15, -0.1) is 0 Å². The molecule has 0 amide bonds. The summed E-state index contributed by atoms with van der Waals surface area (Å²) in [5.41, 5.74) is 0. The molecular weight excluding hydrogens is 304 g/mol. The minimum Gasteiger partial charge on any atom is -0.0795 e. The summed E-state index contributed by atoms with van der Waals surface area (Å²) in [4.78, 5) is 6.13. The largest absolute Gasteiger partial charge is 0.174 e. The Morgan fingerprint density at radius 2 is 1.41 bits per heavy atom. The molecule has 0 unspecified atom stereocenters. The second-order valence-corrected chi connectivity index (χ2v) is 9.54. The number of hydrogen-bond donors (Lipinski definition) is 0. The summed E-state index contributed by atoms with van der Waals surface area (Å²) in [6.45, 7) is 0. The fourth-order valence-corrected chi connectivity index (χ4v) is 7.77. The van der Waals surface area contributed by atoms with Crippen molar-refractivity contribution in [1.82, 2.24) is 0 Å². The second-order valence-electron chi connectivity index (χ2n) is 6.38. The minimum atomic E-state index is 0.283. The first-order chi connectivity index (χ1) is 10.9. The van der Waals surface area contributed by atoms with Gasteiger partial charge in [0.05, 0.1) is 20.7 Å². The fraction of sp³-hybridized carbons (Fsp3) is 0.400. The summed E-state index contributed by atoms with van der Waals surface area (Å²) in [7, 11) is 0.283. The minimum absolute atomic E-state index is 0.283. The van der Waals surface area contributed by atoms with E-state index in [2.05, 4.69) is 48.5 Å². The lowest BCUT2D eigenvalue weighted by atomic mass is 9.88. The van der Waals surface area contributed by atoms with E-state index in [0.717, 1.165) is 5.92 Å². The van der Waals surface area contributed by atoms with Crippen LogP contribution in [0.2, 0.25) is 0 Å². The first-order valence-electron chi connectivity index (χ1n) is 8.48. The van der Waals surface area contributed by atoms with Crippen LogP contribution in [0.5, 0.6) is 0 Å². The fourth-order valence-electron chi connectivity index (χ4n) is 3.69. The highest BCUT2D eigenvalue weighted by Gasteiger charge is 2.35. The Balaban J connectivity index is 1.60. The summed E-state index contributed by atoms with van der Waals surface area (Å²) >= 11 is 1.95. The van der Waals surface area contributed by atoms with Crippen LogP contribution in [0, 0.1) is 5.92 Å². The molecule has 2 aromatic rings. The summed E-state index contributed by atoms with van der Waals surface area (Å²) in [5, 5.41) is 0. The molecular formula is C20H23S2+. The van der Waals surface area contributed by atoms with Crippen molar-refractivity contribution in [3.8, 4) is 0 Å². The molecule has 0 bridgehead atoms. The predicted molar refractivity (Wildman–Crippen MR) is 97.0 cm³/mol. The SMILES string of the molecule is c1ccc2c(c1)Sc1ccccc1[S+]2CCC1CCCCC1. The van der Waals surface area contributed by atoms with Crippen molar-refractivity contribution in [2.75, 3.05) is 5.75 Å². The molecule has 22 heavy (non-hydrogen) atoms. The van der Waals surface area contributed by atoms with E-state index in [1.165, 1.54) is 54.1 Å². The monoisotopic (exact) mass is 327 g/mol. The van der Waals surface area contributed by atoms with Crippen molar-refractivity contribution in [2.24, 2.45) is 5.92 Å². The molecule has 0 radical (unpaired) electrons. The number of fused-ring (bicyclic) bond motifs is 2. The van der Waals surface area contributed by atoms with Crippen LogP contribution in [0.4, 0.5) is 0 Å². The van der Waals surface area contributed by atoms with Crippen LogP contribution in [-0.2, 0) is 10.9 Å². The topological polar surface area (TPSA) is 0 Å². The van der Waals surface area contributed by atoms with Crippen molar-refractivity contribution in [3.63, 3.8) is 0 Å². The van der Waals surface area contributed by atoms with E-state index in [0.29, 0.717) is 0 Å². The van der Waals surface area contributed by atoms with Crippen LogP contribution < -0.4 is 0 Å². The normalized spacial score (nSPS) is 18.7. The molecule has 0 aromatic heterocycles. The molecule has 2 heteroatoms. The van der Waals surface area contributed by atoms with Crippen LogP contribution in [0.1, 0.15) is 38.5 Å². The molecule has 0 spiro atoms. The summed E-state index contributed by atoms with van der Waals surface area (Å²) in [6.07, 6.45) is 8.73. The lowest BCUT2D eigenvalue weighted by molar-refractivity contribution is 0.351. The first kappa shape index (κ1) is 14.7. The van der Waals surface area contributed by atoms with Crippen molar-refractivity contribution in [3.05, 3.63) is 48.5 Å². The molecule has 1 heterocycles. The van der Waals surface area contributed by atoms with Crippen molar-refractivity contribution < 1.29 is 0 Å². The average Bonchev–Trinajstić information content (AvgIpc) is 2.59. The lowest BCUT2D eigenvalue weighted by Crippen LogP contribution is -2.17. The quantitative estimate of drug-likeness (QED) is 0.609. The third-order valence-electron chi connectivity index (χ3n) is 4.90. The van der Waals surface area contributed by atoms with Gasteiger partial charge in [0.15, 0.2) is 9.79 Å². The van der Waals surface area contributed by atoms with Crippen LogP contribution >= 0.6 is 11.8 Å². The molecule has 1 aliphatic heterocycles. The van der Waals surface area contributed by atoms with Gasteiger partial charge in [-0.3, -0.25) is 0 Å². The number of rotatable bonds is 3. The van der Waals surface area contributed by atoms with E-state index in [-0.39, 0.29) is 10.9 Å². The van der Waals surface area contributed by atoms with Gasteiger partial charge in [-0.1, -0.05) is 68.1 Å². The van der Waals surface area contributed by atoms with E-state index in [1.807, 2.05) is 11.8 Å². The zero-order valence-electron chi connectivity index (χ0n) is 13.0. The Hall–Kier alpha value is -0.860. The van der Waals surface area contributed by atoms with Crippen molar-refractivity contribution >= 4 is 22.7 Å². The number of benzene rings is 2. The van der Waals surface area contributed by atoms with E-state index in [4.69, 9.17) is 0 Å². The van der Waals surface area contributed by atoms with Crippen LogP contribution in [0.15, 0.2) is 68.1 Å². The second kappa shape index (κ2) is 6.72. The average molecular weight is 328 g/mol. The highest BCUT2D eigenvalue weighted by Crippen LogP contribution is 2.46. The highest BCUT2D eigenvalue weighted by atomic mass is 32.2. The van der Waals surface area contributed by atoms with Gasteiger partial charge >= 0.3 is 0 Å². The maximum Gasteiger partial charge on any atom is 0.174 e. The zero-order valence-corrected chi connectivity index (χ0v) is 14.6. The standard InChI is InChI=1S/C20H23S2/c1-2-8-16(9-3-1)14-15-22-19-12-6-4-10-17(19)21-18-11-5-7-13-20(18)22/h4-7,10-13,16H,1-3,8-9,14-15H2/q+1. The molecule has 0 atom stereocenters. The summed E-state index contributed by atoms with van der Waals surface area (Å²) in [6, 6.07) is 18.1. The molecule has 1 aliphatic carbocycles. The van der Waals surface area contributed by atoms with Crippen LogP contribution in [0.25, 0.3) is 0 Å². The third kappa shape index (κ3) is 2.96. The van der Waals surface area contributed by atoms with Crippen LogP contribution in [0.3, 0.4) is 0 Å². The number of hydrogen-bond acceptors (Lipinski definition) is 1. The van der Waals surface area contributed by atoms with E-state index >= 15 is 0 Å². The lowest BCUT2D eigenvalue weighted by Gasteiger charge is -2.23. The van der Waals surface area contributed by atoms with Gasteiger partial charge in [0, 0.05) is 0 Å². The highest BCUT2D eigenvalue weighted by molar-refractivity contribution is 8.04. The molecule has 1 saturated carbocycles. The molecule has 114 valence electrons. The molecule has 0 nitrogen and oxygen atoms in total. The van der Waals surface area contributed by atoms with Gasteiger partial charge in [-0.05, 0) is 36.6 Å². The van der Waals surface area contributed by atoms with E-state index < -0.39 is 0 Å². The molecule has 0 saturated heterocycles. The Morgan fingerprint density at radius 3 is 2.05 bits per heavy atom. The van der Waals surface area contributed by atoms with Gasteiger partial charge < -0.3 is 0 Å². The Kier molecular flexibility index (Phi) is 4.49. The van der Waals surface area contributed by atoms with Crippen molar-refractivity contribution in [1.29, 1.82) is 0 Å². The Labute approximate surface area is 141 Å². The Bertz CT molecular complexity index is 598. The van der Waals surface area contributed by atoms with Gasteiger partial charge in [0.1, 0.15) is 5.75 Å². The predicted octanol–water partition coefficient (Wildman–Crippen LogP) is 6.16. The van der Waals surface area contributed by atoms with Gasteiger partial charge in [-0.2, -0.15) is 0 Å². The van der Waals surface area contributed by atoms with Crippen LogP contribution in [-0.4, -0.2) is 5.75 Å². The summed E-state index contributed by atoms with van der Waals surface area (Å²) in [5.74, 6) is 2.33. The first-order valence-corrected chi connectivity index (χ1v) is 10.7. The maximum absolute atomic E-state index is 2.36. The summed E-state index contributed by atoms with van der Waals surface area (Å²) < 4.78 is 0. The van der Waals surface area contributed by atoms with Gasteiger partial charge in [-0.25, -0.2) is 0 Å². The van der Waals surface area contributed by atoms with Crippen molar-refractivity contribution in [2.45, 2.75) is 58.1 Å². The maximum atomic E-state index is 2.36. The van der Waals surface area contributed by atoms with Gasteiger partial charge in [0.25, 0.3) is 0 Å². The zero-order chi connectivity index (χ0) is 14.8. The Morgan fingerprint density at radius 1 is 0.818 bits per heavy atom. The van der Waals surface area contributed by atoms with Gasteiger partial charge in [0.2, 0.25) is 0 Å². The van der Waals surface area contributed by atoms with E-state index in [1.54, 1.807) is 9.79 Å². The molecule has 2 aliphatic rings. The molecule has 1 fully saturated rings. The molecule has 2 aromatic carbocycles. The van der Waals surface area contributed by atoms with E-state index in [9.17, 15) is 0 Å². The molecule has 0 N–H and O–H groups in total. The third-order valence-corrected chi connectivity index (χ3v) is 8.73. The molecule has 4 rings (SSSR count). The smallest absolute Gasteiger partial charge is 0.0795 e.